The van der Waals surface area contributed by atoms with Crippen LogP contribution >= 0.6 is 0 Å². The number of amides is 1. The van der Waals surface area contributed by atoms with Gasteiger partial charge in [0.1, 0.15) is 0 Å². The maximum absolute atomic E-state index is 11.4. The summed E-state index contributed by atoms with van der Waals surface area (Å²) in [6.45, 7) is 6.49. The van der Waals surface area contributed by atoms with Crippen LogP contribution in [0.4, 0.5) is 22.7 Å². The van der Waals surface area contributed by atoms with Crippen LogP contribution in [0.2, 0.25) is 0 Å². The number of piperidine rings is 1. The molecule has 0 aromatic heterocycles. The summed E-state index contributed by atoms with van der Waals surface area (Å²) < 4.78 is 0. The molecule has 1 fully saturated rings. The summed E-state index contributed by atoms with van der Waals surface area (Å²) in [5.74, 6) is 0.880. The molecule has 2 aromatic rings. The van der Waals surface area contributed by atoms with Crippen molar-refractivity contribution in [3.8, 4) is 0 Å². The number of carbonyl (C=O) groups is 1. The van der Waals surface area contributed by atoms with Crippen LogP contribution in [0.3, 0.4) is 0 Å². The van der Waals surface area contributed by atoms with E-state index in [2.05, 4.69) is 46.7 Å². The zero-order valence-electron chi connectivity index (χ0n) is 15.1. The van der Waals surface area contributed by atoms with E-state index < -0.39 is 0 Å². The van der Waals surface area contributed by atoms with Gasteiger partial charge in [0.05, 0.1) is 0 Å². The predicted octanol–water partition coefficient (Wildman–Crippen LogP) is 5.02. The molecule has 1 aliphatic rings. The molecule has 1 heterocycles. The van der Waals surface area contributed by atoms with Crippen molar-refractivity contribution in [3.63, 3.8) is 0 Å². The largest absolute Gasteiger partial charge is 0.372 e. The molecule has 25 heavy (non-hydrogen) atoms. The van der Waals surface area contributed by atoms with Crippen molar-refractivity contribution in [2.75, 3.05) is 28.6 Å². The second kappa shape index (κ2) is 8.06. The lowest BCUT2D eigenvalue weighted by molar-refractivity contribution is -0.115. The van der Waals surface area contributed by atoms with E-state index in [0.717, 1.165) is 36.1 Å². The van der Waals surface area contributed by atoms with E-state index in [0.29, 0.717) is 6.42 Å². The number of rotatable bonds is 5. The van der Waals surface area contributed by atoms with Gasteiger partial charge in [-0.3, -0.25) is 4.79 Å². The predicted molar refractivity (Wildman–Crippen MR) is 106 cm³/mol. The lowest BCUT2D eigenvalue weighted by atomic mass is 9.99. The molecular formula is C21H27N3O. The highest BCUT2D eigenvalue weighted by atomic mass is 16.1. The first-order valence-corrected chi connectivity index (χ1v) is 9.16. The Balaban J connectivity index is 1.58. The fraction of sp³-hybridized carbons (Fsp3) is 0.381. The minimum atomic E-state index is 0.0309. The molecule has 0 unspecified atom stereocenters. The van der Waals surface area contributed by atoms with Gasteiger partial charge in [0, 0.05) is 42.3 Å². The molecule has 0 bridgehead atoms. The lowest BCUT2D eigenvalue weighted by Crippen LogP contribution is -2.32. The number of nitrogens with one attached hydrogen (secondary N) is 2. The number of hydrogen-bond donors (Lipinski definition) is 2. The second-order valence-electron chi connectivity index (χ2n) is 6.82. The highest BCUT2D eigenvalue weighted by Gasteiger charge is 2.15. The van der Waals surface area contributed by atoms with Crippen molar-refractivity contribution < 1.29 is 4.79 Å². The first kappa shape index (κ1) is 17.3. The van der Waals surface area contributed by atoms with Crippen LogP contribution in [-0.2, 0) is 4.79 Å². The zero-order chi connectivity index (χ0) is 17.6. The Kier molecular flexibility index (Phi) is 5.59. The molecule has 1 amide bonds. The Morgan fingerprint density at radius 1 is 0.960 bits per heavy atom. The van der Waals surface area contributed by atoms with E-state index >= 15 is 0 Å². The summed E-state index contributed by atoms with van der Waals surface area (Å²) in [5.41, 5.74) is 4.20. The number of anilines is 4. The molecule has 2 aromatic carbocycles. The molecule has 0 radical (unpaired) electrons. The summed E-state index contributed by atoms with van der Waals surface area (Å²) in [7, 11) is 0. The van der Waals surface area contributed by atoms with Gasteiger partial charge in [-0.1, -0.05) is 13.8 Å². The average molecular weight is 337 g/mol. The van der Waals surface area contributed by atoms with Gasteiger partial charge in [-0.05, 0) is 67.3 Å². The Morgan fingerprint density at radius 3 is 2.04 bits per heavy atom. The highest BCUT2D eigenvalue weighted by Crippen LogP contribution is 2.25. The molecule has 1 saturated heterocycles. The lowest BCUT2D eigenvalue weighted by Gasteiger charge is -2.32. The van der Waals surface area contributed by atoms with E-state index in [4.69, 9.17) is 0 Å². The van der Waals surface area contributed by atoms with Crippen molar-refractivity contribution in [2.24, 2.45) is 5.92 Å². The number of carbonyl (C=O) groups excluding carboxylic acids is 1. The van der Waals surface area contributed by atoms with Gasteiger partial charge in [-0.25, -0.2) is 0 Å². The van der Waals surface area contributed by atoms with Gasteiger partial charge < -0.3 is 15.5 Å². The number of nitrogens with zero attached hydrogens (tertiary/aromatic N) is 1. The van der Waals surface area contributed by atoms with E-state index in [1.54, 1.807) is 0 Å². The minimum Gasteiger partial charge on any atom is -0.372 e. The van der Waals surface area contributed by atoms with Crippen LogP contribution in [0.25, 0.3) is 0 Å². The maximum atomic E-state index is 11.4. The number of hydrogen-bond acceptors (Lipinski definition) is 3. The average Bonchev–Trinajstić information content (AvgIpc) is 2.64. The normalized spacial score (nSPS) is 15.0. The van der Waals surface area contributed by atoms with Crippen LogP contribution in [0, 0.1) is 5.92 Å². The monoisotopic (exact) mass is 337 g/mol. The van der Waals surface area contributed by atoms with E-state index in [-0.39, 0.29) is 5.91 Å². The summed E-state index contributed by atoms with van der Waals surface area (Å²) in [4.78, 5) is 13.9. The maximum Gasteiger partial charge on any atom is 0.224 e. The fourth-order valence-electron chi connectivity index (χ4n) is 3.08. The third-order valence-corrected chi connectivity index (χ3v) is 4.79. The fourth-order valence-corrected chi connectivity index (χ4v) is 3.08. The standard InChI is InChI=1S/C21H27N3O/c1-3-21(25)23-19-6-4-17(5-7-19)22-18-8-10-20(11-9-18)24-14-12-16(2)13-15-24/h4-11,16,22H,3,12-15H2,1-2H3,(H,23,25). The minimum absolute atomic E-state index is 0.0309. The Hall–Kier alpha value is -2.49. The number of benzene rings is 2. The molecule has 3 rings (SSSR count). The third kappa shape index (κ3) is 4.75. The van der Waals surface area contributed by atoms with E-state index in [9.17, 15) is 4.79 Å². The second-order valence-corrected chi connectivity index (χ2v) is 6.82. The summed E-state index contributed by atoms with van der Waals surface area (Å²) in [5, 5.41) is 6.26. The van der Waals surface area contributed by atoms with E-state index in [1.165, 1.54) is 18.5 Å². The van der Waals surface area contributed by atoms with Crippen molar-refractivity contribution in [1.82, 2.24) is 0 Å². The Labute approximate surface area is 150 Å². The molecule has 0 spiro atoms. The van der Waals surface area contributed by atoms with Gasteiger partial charge in [0.15, 0.2) is 0 Å². The molecular weight excluding hydrogens is 310 g/mol. The van der Waals surface area contributed by atoms with Crippen molar-refractivity contribution in [3.05, 3.63) is 48.5 Å². The first-order chi connectivity index (χ1) is 12.1. The summed E-state index contributed by atoms with van der Waals surface area (Å²) >= 11 is 0. The molecule has 4 nitrogen and oxygen atoms in total. The Bertz CT molecular complexity index is 686. The van der Waals surface area contributed by atoms with Gasteiger partial charge in [0.2, 0.25) is 5.91 Å². The van der Waals surface area contributed by atoms with Crippen LogP contribution < -0.4 is 15.5 Å². The topological polar surface area (TPSA) is 44.4 Å². The zero-order valence-corrected chi connectivity index (χ0v) is 15.1. The van der Waals surface area contributed by atoms with Gasteiger partial charge in [-0.2, -0.15) is 0 Å². The Morgan fingerprint density at radius 2 is 1.48 bits per heavy atom. The molecule has 1 aliphatic heterocycles. The van der Waals surface area contributed by atoms with Crippen LogP contribution in [0.5, 0.6) is 0 Å². The molecule has 0 atom stereocenters. The highest BCUT2D eigenvalue weighted by molar-refractivity contribution is 5.90. The van der Waals surface area contributed by atoms with Crippen molar-refractivity contribution in [2.45, 2.75) is 33.1 Å². The molecule has 2 N–H and O–H groups in total. The van der Waals surface area contributed by atoms with Crippen LogP contribution in [-0.4, -0.2) is 19.0 Å². The molecule has 0 saturated carbocycles. The van der Waals surface area contributed by atoms with Crippen LogP contribution in [0.15, 0.2) is 48.5 Å². The SMILES string of the molecule is CCC(=O)Nc1ccc(Nc2ccc(N3CCC(C)CC3)cc2)cc1. The van der Waals surface area contributed by atoms with E-state index in [1.807, 2.05) is 31.2 Å². The van der Waals surface area contributed by atoms with Gasteiger partial charge in [-0.15, -0.1) is 0 Å². The first-order valence-electron chi connectivity index (χ1n) is 9.16. The van der Waals surface area contributed by atoms with Crippen molar-refractivity contribution >= 4 is 28.7 Å². The summed E-state index contributed by atoms with van der Waals surface area (Å²) in [6.07, 6.45) is 3.05. The summed E-state index contributed by atoms with van der Waals surface area (Å²) in [6, 6.07) is 16.4. The van der Waals surface area contributed by atoms with Crippen LogP contribution in [0.1, 0.15) is 33.1 Å². The third-order valence-electron chi connectivity index (χ3n) is 4.79. The quantitative estimate of drug-likeness (QED) is 0.805. The van der Waals surface area contributed by atoms with Gasteiger partial charge >= 0.3 is 0 Å². The molecule has 132 valence electrons. The van der Waals surface area contributed by atoms with Crippen molar-refractivity contribution in [1.29, 1.82) is 0 Å². The van der Waals surface area contributed by atoms with Gasteiger partial charge in [0.25, 0.3) is 0 Å². The molecule has 0 aliphatic carbocycles. The molecule has 4 heteroatoms. The smallest absolute Gasteiger partial charge is 0.224 e.